The Bertz CT molecular complexity index is 1140. The lowest BCUT2D eigenvalue weighted by Crippen LogP contribution is -2.62. The second-order valence-corrected chi connectivity index (χ2v) is 10.6. The maximum atomic E-state index is 13.7. The summed E-state index contributed by atoms with van der Waals surface area (Å²) in [6.45, 7) is 10.0. The fourth-order valence-corrected chi connectivity index (χ4v) is 5.34. The molecular weight excluding hydrogens is 496 g/mol. The Kier molecular flexibility index (Phi) is 9.38. The average molecular weight is 539 g/mol. The molecule has 2 fully saturated rings. The molecule has 2 aromatic rings. The minimum absolute atomic E-state index is 0.299. The highest BCUT2D eigenvalue weighted by atomic mass is 16.5. The Morgan fingerprint density at radius 1 is 1.13 bits per heavy atom. The molecule has 2 saturated carbocycles. The Balaban J connectivity index is 1.62. The van der Waals surface area contributed by atoms with Gasteiger partial charge in [0, 0.05) is 12.1 Å². The first kappa shape index (κ1) is 28.7. The third-order valence-corrected chi connectivity index (χ3v) is 7.87. The number of carboxylic acid groups (broad SMARTS) is 1. The van der Waals surface area contributed by atoms with Crippen molar-refractivity contribution in [2.24, 2.45) is 0 Å². The molecule has 0 aromatic heterocycles. The standard InChI is InChI=1S/C31H42N2O6/c1-5-38-26-19-25(21(3)28(39-6-2)27(26)24-13-14-24)22(4)33(17-18-37-20-23-11-8-7-9-12-23)30(36)32-31(29(34)35)15-10-16-31/h7-9,11-12,19,22,24H,5-6,10,13-18,20H2,1-4H3,(H,32,36)(H,34,35). The zero-order chi connectivity index (χ0) is 28.0. The summed E-state index contributed by atoms with van der Waals surface area (Å²) >= 11 is 0. The van der Waals surface area contributed by atoms with Crippen LogP contribution in [0.4, 0.5) is 4.79 Å². The van der Waals surface area contributed by atoms with Gasteiger partial charge in [-0.2, -0.15) is 0 Å². The van der Waals surface area contributed by atoms with E-state index in [0.717, 1.165) is 53.0 Å². The van der Waals surface area contributed by atoms with Crippen LogP contribution in [-0.2, 0) is 16.1 Å². The molecule has 4 rings (SSSR count). The summed E-state index contributed by atoms with van der Waals surface area (Å²) < 4.78 is 18.2. The van der Waals surface area contributed by atoms with Crippen molar-refractivity contribution in [1.82, 2.24) is 10.2 Å². The Morgan fingerprint density at radius 2 is 1.82 bits per heavy atom. The van der Waals surface area contributed by atoms with Crippen molar-refractivity contribution in [2.75, 3.05) is 26.4 Å². The van der Waals surface area contributed by atoms with E-state index in [0.29, 0.717) is 51.7 Å². The lowest BCUT2D eigenvalue weighted by molar-refractivity contribution is -0.148. The Labute approximate surface area is 231 Å². The van der Waals surface area contributed by atoms with Crippen molar-refractivity contribution in [3.63, 3.8) is 0 Å². The van der Waals surface area contributed by atoms with Crippen molar-refractivity contribution in [1.29, 1.82) is 0 Å². The van der Waals surface area contributed by atoms with Crippen LogP contribution in [0.2, 0.25) is 0 Å². The number of carbonyl (C=O) groups is 2. The largest absolute Gasteiger partial charge is 0.493 e. The van der Waals surface area contributed by atoms with Crippen LogP contribution in [0.3, 0.4) is 0 Å². The van der Waals surface area contributed by atoms with Gasteiger partial charge in [-0.05, 0) is 88.5 Å². The summed E-state index contributed by atoms with van der Waals surface area (Å²) in [7, 11) is 0. The topological polar surface area (TPSA) is 97.3 Å². The molecule has 39 heavy (non-hydrogen) atoms. The second-order valence-electron chi connectivity index (χ2n) is 10.6. The van der Waals surface area contributed by atoms with Crippen LogP contribution < -0.4 is 14.8 Å². The third-order valence-electron chi connectivity index (χ3n) is 7.87. The highest BCUT2D eigenvalue weighted by molar-refractivity contribution is 5.87. The lowest BCUT2D eigenvalue weighted by atomic mass is 9.77. The van der Waals surface area contributed by atoms with Crippen LogP contribution in [0.15, 0.2) is 36.4 Å². The summed E-state index contributed by atoms with van der Waals surface area (Å²) in [6, 6.07) is 11.1. The van der Waals surface area contributed by atoms with Crippen molar-refractivity contribution < 1.29 is 28.9 Å². The number of urea groups is 1. The van der Waals surface area contributed by atoms with Crippen molar-refractivity contribution in [2.45, 2.75) is 83.9 Å². The van der Waals surface area contributed by atoms with E-state index in [-0.39, 0.29) is 6.04 Å². The number of carbonyl (C=O) groups excluding carboxylic acids is 1. The van der Waals surface area contributed by atoms with E-state index in [4.69, 9.17) is 14.2 Å². The van der Waals surface area contributed by atoms with Crippen LogP contribution in [0.5, 0.6) is 11.5 Å². The van der Waals surface area contributed by atoms with E-state index in [1.165, 1.54) is 0 Å². The molecule has 1 unspecified atom stereocenters. The molecule has 2 amide bonds. The number of nitrogens with one attached hydrogen (secondary N) is 1. The number of aliphatic carboxylic acids is 1. The van der Waals surface area contributed by atoms with Crippen LogP contribution in [-0.4, -0.2) is 53.9 Å². The van der Waals surface area contributed by atoms with Crippen molar-refractivity contribution in [3.05, 3.63) is 58.7 Å². The van der Waals surface area contributed by atoms with E-state index in [1.54, 1.807) is 4.90 Å². The normalized spacial score (nSPS) is 16.6. The van der Waals surface area contributed by atoms with Gasteiger partial charge in [0.1, 0.15) is 17.0 Å². The molecule has 2 aliphatic rings. The second kappa shape index (κ2) is 12.7. The van der Waals surface area contributed by atoms with E-state index in [9.17, 15) is 14.7 Å². The van der Waals surface area contributed by atoms with Crippen molar-refractivity contribution >= 4 is 12.0 Å². The number of hydrogen-bond acceptors (Lipinski definition) is 5. The SMILES string of the molecule is CCOc1cc(C(C)N(CCOCc2ccccc2)C(=O)NC2(C(=O)O)CCC2)c(C)c(OCC)c1C1CC1. The third kappa shape index (κ3) is 6.49. The number of carboxylic acids is 1. The summed E-state index contributed by atoms with van der Waals surface area (Å²) in [5.41, 5.74) is 2.86. The minimum Gasteiger partial charge on any atom is -0.493 e. The van der Waals surface area contributed by atoms with Gasteiger partial charge >= 0.3 is 12.0 Å². The zero-order valence-electron chi connectivity index (χ0n) is 23.6. The van der Waals surface area contributed by atoms with Crippen LogP contribution in [0.1, 0.15) is 87.1 Å². The van der Waals surface area contributed by atoms with Gasteiger partial charge in [-0.15, -0.1) is 0 Å². The van der Waals surface area contributed by atoms with Crippen molar-refractivity contribution in [3.8, 4) is 11.5 Å². The minimum atomic E-state index is -1.21. The van der Waals surface area contributed by atoms with Gasteiger partial charge in [0.15, 0.2) is 0 Å². The monoisotopic (exact) mass is 538 g/mol. The summed E-state index contributed by atoms with van der Waals surface area (Å²) in [5.74, 6) is 1.08. The quantitative estimate of drug-likeness (QED) is 0.288. The van der Waals surface area contributed by atoms with Crippen LogP contribution in [0.25, 0.3) is 0 Å². The lowest BCUT2D eigenvalue weighted by Gasteiger charge is -2.41. The fourth-order valence-electron chi connectivity index (χ4n) is 5.34. The molecule has 0 saturated heterocycles. The maximum Gasteiger partial charge on any atom is 0.329 e. The molecule has 2 aromatic carbocycles. The summed E-state index contributed by atoms with van der Waals surface area (Å²) in [6.07, 6.45) is 3.86. The fraction of sp³-hybridized carbons (Fsp3) is 0.548. The van der Waals surface area contributed by atoms with Gasteiger partial charge < -0.3 is 29.5 Å². The van der Waals surface area contributed by atoms with E-state index >= 15 is 0 Å². The predicted octanol–water partition coefficient (Wildman–Crippen LogP) is 5.97. The summed E-state index contributed by atoms with van der Waals surface area (Å²) in [5, 5.41) is 12.7. The smallest absolute Gasteiger partial charge is 0.329 e. The molecule has 0 bridgehead atoms. The summed E-state index contributed by atoms with van der Waals surface area (Å²) in [4.78, 5) is 27.4. The number of rotatable bonds is 14. The molecule has 2 aliphatic carbocycles. The molecule has 0 aliphatic heterocycles. The molecule has 1 atom stereocenters. The first-order valence-electron chi connectivity index (χ1n) is 14.2. The van der Waals surface area contributed by atoms with Gasteiger partial charge in [-0.25, -0.2) is 9.59 Å². The van der Waals surface area contributed by atoms with E-state index in [1.807, 2.05) is 64.1 Å². The van der Waals surface area contributed by atoms with Gasteiger partial charge in [-0.3, -0.25) is 0 Å². The van der Waals surface area contributed by atoms with Gasteiger partial charge in [0.2, 0.25) is 0 Å². The average Bonchev–Trinajstić information content (AvgIpc) is 3.73. The molecule has 8 nitrogen and oxygen atoms in total. The molecule has 0 radical (unpaired) electrons. The first-order chi connectivity index (χ1) is 18.8. The highest BCUT2D eigenvalue weighted by Gasteiger charge is 2.47. The Hall–Kier alpha value is -3.26. The Morgan fingerprint density at radius 3 is 2.38 bits per heavy atom. The number of benzene rings is 2. The molecule has 2 N–H and O–H groups in total. The first-order valence-corrected chi connectivity index (χ1v) is 14.2. The molecule has 212 valence electrons. The predicted molar refractivity (Wildman–Crippen MR) is 149 cm³/mol. The van der Waals surface area contributed by atoms with Gasteiger partial charge in [-0.1, -0.05) is 30.3 Å². The van der Waals surface area contributed by atoms with E-state index in [2.05, 4.69) is 5.32 Å². The highest BCUT2D eigenvalue weighted by Crippen LogP contribution is 2.51. The molecule has 0 spiro atoms. The maximum absolute atomic E-state index is 13.7. The number of ether oxygens (including phenoxy) is 3. The van der Waals surface area contributed by atoms with Gasteiger partial charge in [0.25, 0.3) is 0 Å². The number of nitrogens with zero attached hydrogens (tertiary/aromatic N) is 1. The number of amides is 2. The molecule has 0 heterocycles. The molecular formula is C31H42N2O6. The number of hydrogen-bond donors (Lipinski definition) is 2. The molecule has 8 heteroatoms. The van der Waals surface area contributed by atoms with E-state index < -0.39 is 17.5 Å². The van der Waals surface area contributed by atoms with Crippen LogP contribution >= 0.6 is 0 Å². The van der Waals surface area contributed by atoms with Crippen LogP contribution in [0, 0.1) is 6.92 Å². The zero-order valence-corrected chi connectivity index (χ0v) is 23.6. The van der Waals surface area contributed by atoms with Gasteiger partial charge in [0.05, 0.1) is 32.5 Å².